The molecule has 0 aliphatic carbocycles. The van der Waals surface area contributed by atoms with Crippen molar-refractivity contribution in [1.82, 2.24) is 63.8 Å². The maximum Gasteiger partial charge on any atom is 0.320 e. The van der Waals surface area contributed by atoms with Gasteiger partial charge in [0.15, 0.2) is 11.9 Å². The van der Waals surface area contributed by atoms with Crippen molar-refractivity contribution in [3.05, 3.63) is 65.7 Å². The van der Waals surface area contributed by atoms with Crippen molar-refractivity contribution in [3.8, 4) is 5.75 Å². The molecular formula is C73H117N21O23S. The molecule has 45 heteroatoms. The average molecular weight is 1690 g/mol. The van der Waals surface area contributed by atoms with E-state index in [0.29, 0.717) is 62.6 Å². The number of carboxylic acid groups (broad SMARTS) is 4. The van der Waals surface area contributed by atoms with E-state index in [1.807, 2.05) is 33.0 Å². The number of unbranched alkanes of at least 4 members (excludes halogenated alkanes) is 3. The van der Waals surface area contributed by atoms with Crippen LogP contribution < -0.4 is 104 Å². The fraction of sp³-hybridized carbons (Fsp3) is 0.575. The molecule has 13 amide bonds. The third-order valence-corrected chi connectivity index (χ3v) is 17.7. The Morgan fingerprint density at radius 1 is 0.424 bits per heavy atom. The lowest BCUT2D eigenvalue weighted by Gasteiger charge is -2.28. The van der Waals surface area contributed by atoms with E-state index in [9.17, 15) is 102 Å². The number of amides is 13. The van der Waals surface area contributed by atoms with Crippen LogP contribution in [0.3, 0.4) is 0 Å². The molecule has 0 saturated heterocycles. The van der Waals surface area contributed by atoms with E-state index in [2.05, 4.69) is 81.1 Å². The molecule has 44 nitrogen and oxygen atoms in total. The number of rotatable bonds is 58. The molecule has 2 aromatic rings. The number of guanidine groups is 2. The summed E-state index contributed by atoms with van der Waals surface area (Å²) in [5.74, 6) is -19.0. The van der Waals surface area contributed by atoms with Crippen LogP contribution in [-0.2, 0) is 94.3 Å². The Labute approximate surface area is 686 Å². The first-order chi connectivity index (χ1) is 55.7. The summed E-state index contributed by atoms with van der Waals surface area (Å²) in [6.45, 7) is 6.50. The van der Waals surface area contributed by atoms with Gasteiger partial charge in [-0.25, -0.2) is 0 Å². The number of hydrogen-bond acceptors (Lipinski definition) is 24. The molecule has 0 bridgehead atoms. The predicted octanol–water partition coefficient (Wildman–Crippen LogP) is -6.48. The van der Waals surface area contributed by atoms with Crippen molar-refractivity contribution in [2.24, 2.45) is 56.0 Å². The second kappa shape index (κ2) is 57.1. The third-order valence-electron chi connectivity index (χ3n) is 17.3. The van der Waals surface area contributed by atoms with Crippen LogP contribution in [0.2, 0.25) is 0 Å². The van der Waals surface area contributed by atoms with E-state index >= 15 is 0 Å². The van der Waals surface area contributed by atoms with Crippen LogP contribution >= 0.6 is 12.6 Å². The number of aliphatic imine (C=N–C) groups is 2. The SMILES string of the molecule is CCCC[C@H](NC=O)C(=O)N[C@@H](CC(C)C)C(=O)N[C@@H](Cc1ccccc1)C(=O)N[C@@H](CCCC)C(=O)N[C@@H](Cc1ccc(O)cc1)C(=O)N[C@@H](CCCCNC(=O)[C@H](CO)NC(=O)[C@@H](CCCN=C(N)N)NC(=O)[C@H](CC(=O)O)NC(=O)[C@H](CS)NC(=O)[C@H](CC(=O)O)NC(=O)[C@@H](N)CC(=O)O)C(N)=O.NC(N)=NCCC[C@H](N)C(=O)O. The molecular weight excluding hydrogens is 1570 g/mol. The molecule has 658 valence electrons. The maximum atomic E-state index is 14.5. The summed E-state index contributed by atoms with van der Waals surface area (Å²) >= 11 is 4.01. The lowest BCUT2D eigenvalue weighted by Crippen LogP contribution is -2.60. The van der Waals surface area contributed by atoms with Crippen LogP contribution in [0, 0.1) is 5.92 Å². The number of carboxylic acids is 4. The molecule has 2 aromatic carbocycles. The van der Waals surface area contributed by atoms with Crippen LogP contribution in [0.4, 0.5) is 0 Å². The summed E-state index contributed by atoms with van der Waals surface area (Å²) in [7, 11) is 0. The molecule has 32 N–H and O–H groups in total. The smallest absolute Gasteiger partial charge is 0.320 e. The molecule has 0 spiro atoms. The zero-order valence-corrected chi connectivity index (χ0v) is 67.2. The molecule has 0 saturated carbocycles. The van der Waals surface area contributed by atoms with Gasteiger partial charge in [0.05, 0.1) is 31.9 Å². The van der Waals surface area contributed by atoms with Crippen molar-refractivity contribution < 1.29 is 112 Å². The van der Waals surface area contributed by atoms with Gasteiger partial charge in [-0.2, -0.15) is 12.6 Å². The Morgan fingerprint density at radius 2 is 0.805 bits per heavy atom. The van der Waals surface area contributed by atoms with Crippen LogP contribution in [0.1, 0.15) is 148 Å². The Bertz CT molecular complexity index is 3690. The molecule has 13 atom stereocenters. The number of aliphatic hydroxyl groups excluding tert-OH is 1. The molecule has 0 unspecified atom stereocenters. The van der Waals surface area contributed by atoms with E-state index in [4.69, 9.17) is 50.3 Å². The number of nitrogens with zero attached hydrogens (tertiary/aromatic N) is 2. The van der Waals surface area contributed by atoms with Crippen molar-refractivity contribution >= 4 is 126 Å². The van der Waals surface area contributed by atoms with Gasteiger partial charge in [-0.05, 0) is 93.4 Å². The van der Waals surface area contributed by atoms with Gasteiger partial charge in [-0.3, -0.25) is 91.5 Å². The van der Waals surface area contributed by atoms with Crippen molar-refractivity contribution in [2.45, 2.75) is 228 Å². The standard InChI is InChI=1S/C67H103N17O21S.C6H14N4O2/c1-5-7-17-42(74-35-86)58(97)79-45(27-36(3)4)61(100)81-46(28-37-15-10-9-11-16-37)63(102)76-43(18-8-6-2)59(98)80-47(29-38-21-23-39(87)24-22-38)62(101)75-41(55(69)94)19-12-13-25-72-57(96)50(33-85)83-60(99)44(20-14-26-73-67(70)71)77-64(103)49(32-54(92)93)82-66(105)51(34-106)84-65(104)48(31-53(90)91)78-56(95)40(68)30-52(88)89;7-4(5(11)12)2-1-3-10-6(8)9/h9-11,15-16,21-24,35-36,40-51,85,87,106H,5-8,12-14,17-20,25-34,68H2,1-4H3,(H2,69,94)(H,72,96)(H,74,86)(H,75,101)(H,76,102)(H,77,103)(H,78,95)(H,79,97)(H,80,98)(H,81,100)(H,82,105)(H,83,99)(H,84,104)(H,88,89)(H,90,91)(H,92,93)(H4,70,71,73);4H,1-3,7H2,(H,11,12)(H4,8,9,10)/t40-,41-,42-,43-,44+,45-,46-,47-,48-,49-,50-,51-;4-/m00/s1. The number of thiol groups is 1. The number of phenols is 1. The number of phenolic OH excluding ortho intramolecular Hbond substituents is 1. The van der Waals surface area contributed by atoms with Crippen LogP contribution in [-0.4, -0.2) is 254 Å². The predicted molar refractivity (Wildman–Crippen MR) is 430 cm³/mol. The zero-order chi connectivity index (χ0) is 89.1. The number of benzene rings is 2. The van der Waals surface area contributed by atoms with Crippen molar-refractivity contribution in [2.75, 3.05) is 32.0 Å². The number of nitrogens with two attached hydrogens (primary N) is 7. The molecule has 0 aliphatic heterocycles. The van der Waals surface area contributed by atoms with Crippen LogP contribution in [0.5, 0.6) is 5.75 Å². The number of carbonyl (C=O) groups is 17. The highest BCUT2D eigenvalue weighted by Crippen LogP contribution is 2.16. The van der Waals surface area contributed by atoms with Gasteiger partial charge in [0.25, 0.3) is 0 Å². The maximum absolute atomic E-state index is 14.5. The number of carbonyl (C=O) groups excluding carboxylic acids is 13. The van der Waals surface area contributed by atoms with E-state index < -0.39 is 205 Å². The Kier molecular flexibility index (Phi) is 50.4. The minimum atomic E-state index is -2.03. The van der Waals surface area contributed by atoms with Gasteiger partial charge in [0.1, 0.15) is 78.3 Å². The first-order valence-corrected chi connectivity index (χ1v) is 38.7. The monoisotopic (exact) mass is 1690 g/mol. The fourth-order valence-corrected chi connectivity index (χ4v) is 11.2. The number of aliphatic hydroxyl groups is 1. The number of aliphatic carboxylic acids is 4. The largest absolute Gasteiger partial charge is 0.508 e. The number of aromatic hydroxyl groups is 1. The van der Waals surface area contributed by atoms with Gasteiger partial charge in [-0.1, -0.05) is 95.8 Å². The van der Waals surface area contributed by atoms with Gasteiger partial charge < -0.3 is 135 Å². The van der Waals surface area contributed by atoms with Crippen LogP contribution in [0.15, 0.2) is 64.6 Å². The van der Waals surface area contributed by atoms with E-state index in [1.54, 1.807) is 30.3 Å². The molecule has 0 aromatic heterocycles. The highest BCUT2D eigenvalue weighted by atomic mass is 32.1. The first-order valence-electron chi connectivity index (χ1n) is 38.0. The Balaban J connectivity index is 0.00000532. The summed E-state index contributed by atoms with van der Waals surface area (Å²) in [6.07, 6.45) is 0.333. The van der Waals surface area contributed by atoms with Crippen molar-refractivity contribution in [3.63, 3.8) is 0 Å². The summed E-state index contributed by atoms with van der Waals surface area (Å²) < 4.78 is 0. The minimum absolute atomic E-state index is 0.0129. The minimum Gasteiger partial charge on any atom is -0.508 e. The summed E-state index contributed by atoms with van der Waals surface area (Å²) in [6, 6.07) is -4.92. The van der Waals surface area contributed by atoms with Gasteiger partial charge in [0, 0.05) is 38.2 Å². The van der Waals surface area contributed by atoms with Gasteiger partial charge >= 0.3 is 23.9 Å². The second-order valence-corrected chi connectivity index (χ2v) is 28.1. The lowest BCUT2D eigenvalue weighted by molar-refractivity contribution is -0.142. The molecule has 0 aliphatic rings. The molecule has 2 rings (SSSR count). The average Bonchev–Trinajstić information content (AvgIpc) is 0.854. The molecule has 0 heterocycles. The summed E-state index contributed by atoms with van der Waals surface area (Å²) in [5, 5.41) is 86.1. The normalized spacial score (nSPS) is 14.1. The number of nitrogens with one attached hydrogen (secondary N) is 12. The lowest BCUT2D eigenvalue weighted by atomic mass is 9.99. The highest BCUT2D eigenvalue weighted by Gasteiger charge is 2.37. The summed E-state index contributed by atoms with van der Waals surface area (Å²) in [4.78, 5) is 228. The zero-order valence-electron chi connectivity index (χ0n) is 66.3. The molecule has 118 heavy (non-hydrogen) atoms. The van der Waals surface area contributed by atoms with Crippen molar-refractivity contribution in [1.29, 1.82) is 0 Å². The van der Waals surface area contributed by atoms with Gasteiger partial charge in [-0.15, -0.1) is 0 Å². The molecule has 0 radical (unpaired) electrons. The topological polar surface area (TPSA) is 763 Å². The molecule has 0 fully saturated rings. The van der Waals surface area contributed by atoms with Gasteiger partial charge in [0.2, 0.25) is 77.3 Å². The fourth-order valence-electron chi connectivity index (χ4n) is 11.0. The quantitative estimate of drug-likeness (QED) is 0.00963. The van der Waals surface area contributed by atoms with Crippen LogP contribution in [0.25, 0.3) is 0 Å². The highest BCUT2D eigenvalue weighted by molar-refractivity contribution is 7.80. The third kappa shape index (κ3) is 43.6. The second-order valence-electron chi connectivity index (χ2n) is 27.7. The van der Waals surface area contributed by atoms with E-state index in [1.165, 1.54) is 24.3 Å². The van der Waals surface area contributed by atoms with E-state index in [0.717, 1.165) is 6.42 Å². The summed E-state index contributed by atoms with van der Waals surface area (Å²) in [5.41, 5.74) is 38.6. The number of primary amides is 1. The Morgan fingerprint density at radius 3 is 1.25 bits per heavy atom. The van der Waals surface area contributed by atoms with E-state index in [-0.39, 0.29) is 94.5 Å². The Hall–Kier alpha value is -12.0. The number of hydrogen-bond donors (Lipinski definition) is 26. The first kappa shape index (κ1) is 104.